The summed E-state index contributed by atoms with van der Waals surface area (Å²) in [4.78, 5) is 11.5. The molecule has 4 rings (SSSR count). The Morgan fingerprint density at radius 2 is 2.00 bits per heavy atom. The zero-order valence-corrected chi connectivity index (χ0v) is 12.1. The van der Waals surface area contributed by atoms with Crippen molar-refractivity contribution in [2.45, 2.75) is 26.3 Å². The van der Waals surface area contributed by atoms with Crippen LogP contribution in [0.2, 0.25) is 0 Å². The van der Waals surface area contributed by atoms with Crippen molar-refractivity contribution in [3.05, 3.63) is 29.6 Å². The van der Waals surface area contributed by atoms with E-state index in [2.05, 4.69) is 46.2 Å². The Morgan fingerprint density at radius 3 is 2.85 bits per heavy atom. The first-order valence-corrected chi connectivity index (χ1v) is 7.41. The lowest BCUT2D eigenvalue weighted by Gasteiger charge is -2.32. The largest absolute Gasteiger partial charge is 0.354 e. The van der Waals surface area contributed by atoms with Crippen LogP contribution in [0.15, 0.2) is 18.5 Å². The number of aromatic nitrogens is 2. The fourth-order valence-electron chi connectivity index (χ4n) is 3.56. The van der Waals surface area contributed by atoms with Crippen molar-refractivity contribution in [3.63, 3.8) is 0 Å². The minimum atomic E-state index is 0.630. The van der Waals surface area contributed by atoms with E-state index in [1.807, 2.05) is 0 Å². The summed E-state index contributed by atoms with van der Waals surface area (Å²) >= 11 is 0. The van der Waals surface area contributed by atoms with E-state index in [9.17, 15) is 0 Å². The highest BCUT2D eigenvalue weighted by Crippen LogP contribution is 2.30. The van der Waals surface area contributed by atoms with Gasteiger partial charge in [0.1, 0.15) is 12.1 Å². The van der Waals surface area contributed by atoms with Gasteiger partial charge in [0.05, 0.1) is 5.52 Å². The SMILES string of the molecule is Cc1cc2ncnc(N3CC4CNC(C4)C3)c2cc1C. The highest BCUT2D eigenvalue weighted by atomic mass is 15.2. The molecular formula is C16H20N4. The lowest BCUT2D eigenvalue weighted by Crippen LogP contribution is -2.41. The molecule has 3 heterocycles. The van der Waals surface area contributed by atoms with Crippen molar-refractivity contribution in [3.8, 4) is 0 Å². The number of piperidine rings is 1. The zero-order chi connectivity index (χ0) is 13.7. The summed E-state index contributed by atoms with van der Waals surface area (Å²) in [6.45, 7) is 7.63. The number of nitrogens with zero attached hydrogens (tertiary/aromatic N) is 3. The van der Waals surface area contributed by atoms with Crippen molar-refractivity contribution in [1.82, 2.24) is 15.3 Å². The number of hydrogen-bond acceptors (Lipinski definition) is 4. The number of benzene rings is 1. The molecule has 2 aromatic rings. The Balaban J connectivity index is 1.81. The molecule has 1 aromatic heterocycles. The molecule has 2 unspecified atom stereocenters. The van der Waals surface area contributed by atoms with Gasteiger partial charge in [0, 0.05) is 31.1 Å². The number of aryl methyl sites for hydroxylation is 2. The van der Waals surface area contributed by atoms with Crippen molar-refractivity contribution in [2.75, 3.05) is 24.5 Å². The lowest BCUT2D eigenvalue weighted by molar-refractivity contribution is 0.473. The van der Waals surface area contributed by atoms with Gasteiger partial charge in [-0.05, 0) is 49.4 Å². The number of rotatable bonds is 1. The Kier molecular flexibility index (Phi) is 2.67. The van der Waals surface area contributed by atoms with Crippen LogP contribution in [0.4, 0.5) is 5.82 Å². The first-order valence-electron chi connectivity index (χ1n) is 7.41. The predicted octanol–water partition coefficient (Wildman–Crippen LogP) is 2.04. The van der Waals surface area contributed by atoms with Crippen LogP contribution in [0.1, 0.15) is 17.5 Å². The molecule has 4 nitrogen and oxygen atoms in total. The highest BCUT2D eigenvalue weighted by molar-refractivity contribution is 5.90. The van der Waals surface area contributed by atoms with Crippen molar-refractivity contribution in [2.24, 2.45) is 5.92 Å². The number of fused-ring (bicyclic) bond motifs is 3. The van der Waals surface area contributed by atoms with Crippen LogP contribution >= 0.6 is 0 Å². The third kappa shape index (κ3) is 1.86. The molecule has 2 bridgehead atoms. The Bertz CT molecular complexity index is 655. The maximum atomic E-state index is 4.59. The van der Waals surface area contributed by atoms with Crippen LogP contribution in [0.5, 0.6) is 0 Å². The Hall–Kier alpha value is -1.68. The molecule has 2 atom stereocenters. The Labute approximate surface area is 119 Å². The minimum absolute atomic E-state index is 0.630. The second-order valence-corrected chi connectivity index (χ2v) is 6.26. The molecule has 1 N–H and O–H groups in total. The number of nitrogens with one attached hydrogen (secondary N) is 1. The van der Waals surface area contributed by atoms with E-state index < -0.39 is 0 Å². The molecule has 2 aliphatic rings. The standard InChI is InChI=1S/C16H20N4/c1-10-3-14-15(4-11(10)2)18-9-19-16(14)20-7-12-5-13(8-20)17-6-12/h3-4,9,12-13,17H,5-8H2,1-2H3. The first-order chi connectivity index (χ1) is 9.70. The molecule has 0 spiro atoms. The maximum Gasteiger partial charge on any atom is 0.139 e. The minimum Gasteiger partial charge on any atom is -0.354 e. The summed E-state index contributed by atoms with van der Waals surface area (Å²) < 4.78 is 0. The summed E-state index contributed by atoms with van der Waals surface area (Å²) in [5, 5.41) is 4.79. The van der Waals surface area contributed by atoms with Crippen LogP contribution < -0.4 is 10.2 Å². The molecule has 104 valence electrons. The van der Waals surface area contributed by atoms with Gasteiger partial charge in [-0.25, -0.2) is 9.97 Å². The smallest absolute Gasteiger partial charge is 0.139 e. The molecule has 0 aliphatic carbocycles. The van der Waals surface area contributed by atoms with Crippen LogP contribution in [-0.4, -0.2) is 35.6 Å². The Morgan fingerprint density at radius 1 is 1.15 bits per heavy atom. The zero-order valence-electron chi connectivity index (χ0n) is 12.1. The molecular weight excluding hydrogens is 248 g/mol. The fraction of sp³-hybridized carbons (Fsp3) is 0.500. The van der Waals surface area contributed by atoms with Crippen LogP contribution in [0.25, 0.3) is 10.9 Å². The average molecular weight is 268 g/mol. The molecule has 2 saturated heterocycles. The van der Waals surface area contributed by atoms with E-state index in [1.54, 1.807) is 6.33 Å². The van der Waals surface area contributed by atoms with Gasteiger partial charge >= 0.3 is 0 Å². The summed E-state index contributed by atoms with van der Waals surface area (Å²) in [6, 6.07) is 5.04. The van der Waals surface area contributed by atoms with E-state index >= 15 is 0 Å². The summed E-state index contributed by atoms with van der Waals surface area (Å²) in [5.41, 5.74) is 3.66. The van der Waals surface area contributed by atoms with Gasteiger partial charge < -0.3 is 10.2 Å². The molecule has 0 amide bonds. The van der Waals surface area contributed by atoms with E-state index in [0.717, 1.165) is 36.9 Å². The predicted molar refractivity (Wildman–Crippen MR) is 81.1 cm³/mol. The lowest BCUT2D eigenvalue weighted by atomic mass is 9.99. The third-order valence-electron chi connectivity index (χ3n) is 4.76. The average Bonchev–Trinajstić information content (AvgIpc) is 2.78. The molecule has 2 aliphatic heterocycles. The van der Waals surface area contributed by atoms with E-state index in [4.69, 9.17) is 0 Å². The highest BCUT2D eigenvalue weighted by Gasteiger charge is 2.33. The van der Waals surface area contributed by atoms with Gasteiger partial charge in [0.2, 0.25) is 0 Å². The van der Waals surface area contributed by atoms with E-state index in [0.29, 0.717) is 6.04 Å². The summed E-state index contributed by atoms with van der Waals surface area (Å²) in [7, 11) is 0. The topological polar surface area (TPSA) is 41.1 Å². The van der Waals surface area contributed by atoms with Crippen LogP contribution in [0.3, 0.4) is 0 Å². The molecule has 2 fully saturated rings. The number of anilines is 1. The van der Waals surface area contributed by atoms with E-state index in [1.165, 1.54) is 22.9 Å². The van der Waals surface area contributed by atoms with Gasteiger partial charge in [-0.1, -0.05) is 0 Å². The summed E-state index contributed by atoms with van der Waals surface area (Å²) in [6.07, 6.45) is 3.02. The summed E-state index contributed by atoms with van der Waals surface area (Å²) in [5.74, 6) is 1.88. The quantitative estimate of drug-likeness (QED) is 0.859. The van der Waals surface area contributed by atoms with Crippen molar-refractivity contribution >= 4 is 16.7 Å². The van der Waals surface area contributed by atoms with Crippen LogP contribution in [-0.2, 0) is 0 Å². The van der Waals surface area contributed by atoms with Gasteiger partial charge in [0.15, 0.2) is 0 Å². The fourth-order valence-corrected chi connectivity index (χ4v) is 3.56. The van der Waals surface area contributed by atoms with Gasteiger partial charge in [0.25, 0.3) is 0 Å². The second-order valence-electron chi connectivity index (χ2n) is 6.26. The van der Waals surface area contributed by atoms with Crippen LogP contribution in [0, 0.1) is 19.8 Å². The van der Waals surface area contributed by atoms with Crippen molar-refractivity contribution in [1.29, 1.82) is 0 Å². The third-order valence-corrected chi connectivity index (χ3v) is 4.76. The van der Waals surface area contributed by atoms with Gasteiger partial charge in [-0.15, -0.1) is 0 Å². The molecule has 20 heavy (non-hydrogen) atoms. The normalized spacial score (nSPS) is 25.4. The van der Waals surface area contributed by atoms with E-state index in [-0.39, 0.29) is 0 Å². The maximum absolute atomic E-state index is 4.59. The van der Waals surface area contributed by atoms with Gasteiger partial charge in [-0.3, -0.25) is 0 Å². The second kappa shape index (κ2) is 4.42. The monoisotopic (exact) mass is 268 g/mol. The van der Waals surface area contributed by atoms with Gasteiger partial charge in [-0.2, -0.15) is 0 Å². The molecule has 0 radical (unpaired) electrons. The first kappa shape index (κ1) is 12.1. The molecule has 1 aromatic carbocycles. The molecule has 0 saturated carbocycles. The van der Waals surface area contributed by atoms with Crippen molar-refractivity contribution < 1.29 is 0 Å². The number of hydrogen-bond donors (Lipinski definition) is 1. The molecule has 4 heteroatoms.